The monoisotopic (exact) mass is 400 g/mol. The van der Waals surface area contributed by atoms with Gasteiger partial charge in [0, 0.05) is 17.8 Å². The minimum absolute atomic E-state index is 0.178. The van der Waals surface area contributed by atoms with E-state index in [-0.39, 0.29) is 5.95 Å². The first-order valence-electron chi connectivity index (χ1n) is 9.05. The Kier molecular flexibility index (Phi) is 5.94. The van der Waals surface area contributed by atoms with Crippen molar-refractivity contribution >= 4 is 29.3 Å². The lowest BCUT2D eigenvalue weighted by atomic mass is 10.0. The molecule has 0 radical (unpaired) electrons. The molecule has 0 spiro atoms. The summed E-state index contributed by atoms with van der Waals surface area (Å²) in [5, 5.41) is 22.0. The molecule has 0 saturated heterocycles. The molecule has 0 aliphatic rings. The van der Waals surface area contributed by atoms with Crippen molar-refractivity contribution in [2.24, 2.45) is 10.7 Å². The molecule has 0 aliphatic carbocycles. The molecule has 0 bridgehead atoms. The Morgan fingerprint density at radius 2 is 1.90 bits per heavy atom. The number of nitrogens with one attached hydrogen (secondary N) is 1. The molecule has 8 nitrogen and oxygen atoms in total. The zero-order valence-corrected chi connectivity index (χ0v) is 16.5. The van der Waals surface area contributed by atoms with Gasteiger partial charge in [-0.3, -0.25) is 4.79 Å². The zero-order valence-electron chi connectivity index (χ0n) is 16.5. The summed E-state index contributed by atoms with van der Waals surface area (Å²) in [6.07, 6.45) is 4.40. The van der Waals surface area contributed by atoms with Crippen molar-refractivity contribution < 1.29 is 10.0 Å². The first-order chi connectivity index (χ1) is 14.4. The molecule has 1 heterocycles. The quantitative estimate of drug-likeness (QED) is 0.448. The predicted molar refractivity (Wildman–Crippen MR) is 113 cm³/mol. The number of aryl methyl sites for hydroxylation is 2. The minimum atomic E-state index is -0.507. The Morgan fingerprint density at radius 1 is 1.23 bits per heavy atom. The zero-order chi connectivity index (χ0) is 21.7. The summed E-state index contributed by atoms with van der Waals surface area (Å²) >= 11 is 0. The van der Waals surface area contributed by atoms with Crippen LogP contribution in [0.1, 0.15) is 22.3 Å². The Balaban J connectivity index is 1.95. The Labute approximate surface area is 173 Å². The normalized spacial score (nSPS) is 11.4. The van der Waals surface area contributed by atoms with Crippen LogP contribution in [0.2, 0.25) is 0 Å². The number of amides is 1. The SMILES string of the molecule is Cc1cc(/C=C/C(N)=O)cc(C)c1N=c1ccn(O)c(Nc2ccc(C#N)cc2)n1. The maximum Gasteiger partial charge on any atom is 0.242 e. The molecular formula is C22H20N6O2. The molecule has 3 aromatic rings. The number of nitriles is 1. The van der Waals surface area contributed by atoms with Gasteiger partial charge in [-0.2, -0.15) is 15.0 Å². The number of rotatable bonds is 5. The highest BCUT2D eigenvalue weighted by Gasteiger charge is 2.06. The molecule has 8 heteroatoms. The lowest BCUT2D eigenvalue weighted by Gasteiger charge is -2.09. The van der Waals surface area contributed by atoms with Crippen LogP contribution in [0.3, 0.4) is 0 Å². The highest BCUT2D eigenvalue weighted by molar-refractivity contribution is 5.90. The smallest absolute Gasteiger partial charge is 0.242 e. The fourth-order valence-electron chi connectivity index (χ4n) is 2.86. The molecule has 2 aromatic carbocycles. The van der Waals surface area contributed by atoms with Gasteiger partial charge in [-0.15, -0.1) is 0 Å². The van der Waals surface area contributed by atoms with Gasteiger partial charge in [0.1, 0.15) is 0 Å². The highest BCUT2D eigenvalue weighted by Crippen LogP contribution is 2.25. The summed E-state index contributed by atoms with van der Waals surface area (Å²) in [5.41, 5.74) is 10.2. The van der Waals surface area contributed by atoms with Crippen molar-refractivity contribution in [2.75, 3.05) is 5.32 Å². The van der Waals surface area contributed by atoms with Crippen LogP contribution < -0.4 is 16.5 Å². The third-order valence-electron chi connectivity index (χ3n) is 4.25. The van der Waals surface area contributed by atoms with E-state index >= 15 is 0 Å². The summed E-state index contributed by atoms with van der Waals surface area (Å²) in [6.45, 7) is 3.83. The largest absolute Gasteiger partial charge is 0.426 e. The van der Waals surface area contributed by atoms with Crippen LogP contribution in [0.5, 0.6) is 0 Å². The second kappa shape index (κ2) is 8.75. The summed E-state index contributed by atoms with van der Waals surface area (Å²) < 4.78 is 0.856. The number of primary amides is 1. The molecule has 1 aromatic heterocycles. The van der Waals surface area contributed by atoms with Gasteiger partial charge in [0.25, 0.3) is 0 Å². The molecule has 3 rings (SSSR count). The molecule has 1 amide bonds. The van der Waals surface area contributed by atoms with Crippen molar-refractivity contribution in [3.63, 3.8) is 0 Å². The van der Waals surface area contributed by atoms with E-state index in [1.165, 1.54) is 12.3 Å². The van der Waals surface area contributed by atoms with Gasteiger partial charge in [0.05, 0.1) is 23.5 Å². The van der Waals surface area contributed by atoms with E-state index < -0.39 is 5.91 Å². The summed E-state index contributed by atoms with van der Waals surface area (Å²) in [6, 6.07) is 14.2. The van der Waals surface area contributed by atoms with Crippen LogP contribution in [-0.4, -0.2) is 20.8 Å². The highest BCUT2D eigenvalue weighted by atomic mass is 16.5. The molecule has 0 atom stereocenters. The van der Waals surface area contributed by atoms with Gasteiger partial charge in [0.15, 0.2) is 5.49 Å². The van der Waals surface area contributed by atoms with E-state index in [2.05, 4.69) is 21.4 Å². The number of hydrogen-bond donors (Lipinski definition) is 3. The fraction of sp³-hybridized carbons (Fsp3) is 0.0909. The Bertz CT molecular complexity index is 1210. The Hall–Kier alpha value is -4.38. The number of anilines is 2. The number of benzene rings is 2. The molecule has 0 unspecified atom stereocenters. The average Bonchev–Trinajstić information content (AvgIpc) is 2.72. The molecule has 30 heavy (non-hydrogen) atoms. The molecule has 0 saturated carbocycles. The van der Waals surface area contributed by atoms with Gasteiger partial charge in [-0.05, 0) is 73.0 Å². The number of nitrogens with zero attached hydrogens (tertiary/aromatic N) is 4. The van der Waals surface area contributed by atoms with E-state index in [1.54, 1.807) is 36.4 Å². The number of hydrogen-bond acceptors (Lipinski definition) is 6. The molecule has 4 N–H and O–H groups in total. The first-order valence-corrected chi connectivity index (χ1v) is 9.05. The standard InChI is InChI=1S/C22H20N6O2/c1-14-11-17(5-8-19(24)29)12-15(2)21(14)26-20-9-10-28(30)22(27-20)25-18-6-3-16(13-23)4-7-18/h3-12,30H,1-2H3,(H2,24,29)(H,25,26,27)/b8-5+. The Morgan fingerprint density at radius 3 is 2.50 bits per heavy atom. The van der Waals surface area contributed by atoms with Crippen molar-refractivity contribution in [1.29, 1.82) is 5.26 Å². The van der Waals surface area contributed by atoms with E-state index in [4.69, 9.17) is 11.0 Å². The van der Waals surface area contributed by atoms with Crippen LogP contribution in [0.25, 0.3) is 6.08 Å². The topological polar surface area (TPSA) is 129 Å². The minimum Gasteiger partial charge on any atom is -0.426 e. The third-order valence-corrected chi connectivity index (χ3v) is 4.25. The summed E-state index contributed by atoms with van der Waals surface area (Å²) in [5.74, 6) is -0.329. The molecule has 0 fully saturated rings. The lowest BCUT2D eigenvalue weighted by molar-refractivity contribution is -0.113. The number of carbonyl (C=O) groups is 1. The van der Waals surface area contributed by atoms with Crippen molar-refractivity contribution in [3.05, 3.63) is 82.5 Å². The number of nitrogens with two attached hydrogens (primary N) is 1. The third kappa shape index (κ3) is 4.91. The van der Waals surface area contributed by atoms with Crippen LogP contribution in [0.15, 0.2) is 59.7 Å². The van der Waals surface area contributed by atoms with E-state index in [9.17, 15) is 10.0 Å². The second-order valence-corrected chi connectivity index (χ2v) is 6.62. The predicted octanol–water partition coefficient (Wildman–Crippen LogP) is 3.08. The fourth-order valence-corrected chi connectivity index (χ4v) is 2.86. The van der Waals surface area contributed by atoms with Crippen molar-refractivity contribution in [2.45, 2.75) is 13.8 Å². The lowest BCUT2D eigenvalue weighted by Crippen LogP contribution is -2.15. The van der Waals surface area contributed by atoms with Crippen LogP contribution in [0.4, 0.5) is 17.3 Å². The average molecular weight is 400 g/mol. The first kappa shape index (κ1) is 20.4. The molecule has 0 aliphatic heterocycles. The molecule has 150 valence electrons. The van der Waals surface area contributed by atoms with Crippen LogP contribution in [0, 0.1) is 25.2 Å². The maximum atomic E-state index is 10.9. The summed E-state index contributed by atoms with van der Waals surface area (Å²) in [7, 11) is 0. The second-order valence-electron chi connectivity index (χ2n) is 6.62. The van der Waals surface area contributed by atoms with Crippen LogP contribution >= 0.6 is 0 Å². The maximum absolute atomic E-state index is 10.9. The van der Waals surface area contributed by atoms with Crippen LogP contribution in [-0.2, 0) is 4.79 Å². The van der Waals surface area contributed by atoms with E-state index in [1.807, 2.05) is 26.0 Å². The van der Waals surface area contributed by atoms with Crippen molar-refractivity contribution in [1.82, 2.24) is 9.71 Å². The van der Waals surface area contributed by atoms with Gasteiger partial charge in [0.2, 0.25) is 11.9 Å². The van der Waals surface area contributed by atoms with Gasteiger partial charge in [-0.1, -0.05) is 0 Å². The van der Waals surface area contributed by atoms with E-state index in [0.717, 1.165) is 27.1 Å². The van der Waals surface area contributed by atoms with Gasteiger partial charge in [-0.25, -0.2) is 4.99 Å². The van der Waals surface area contributed by atoms with E-state index in [0.29, 0.717) is 16.7 Å². The molecular weight excluding hydrogens is 380 g/mol. The number of aromatic nitrogens is 2. The van der Waals surface area contributed by atoms with Gasteiger partial charge < -0.3 is 16.3 Å². The summed E-state index contributed by atoms with van der Waals surface area (Å²) in [4.78, 5) is 19.9. The number of carbonyl (C=O) groups excluding carboxylic acids is 1. The van der Waals surface area contributed by atoms with Crippen molar-refractivity contribution in [3.8, 4) is 6.07 Å². The van der Waals surface area contributed by atoms with Gasteiger partial charge >= 0.3 is 0 Å².